The predicted molar refractivity (Wildman–Crippen MR) is 95.5 cm³/mol. The number of ether oxygens (including phenoxy) is 1. The molecule has 1 atom stereocenters. The SMILES string of the molecule is O=C(c1ccc(-c2ccccc2)[nH]c1=O)N1CCC[C@]2(CCOC2)C1. The van der Waals surface area contributed by atoms with Crippen molar-refractivity contribution >= 4 is 5.91 Å². The molecule has 1 spiro atoms. The van der Waals surface area contributed by atoms with E-state index in [2.05, 4.69) is 4.98 Å². The monoisotopic (exact) mass is 338 g/mol. The number of hydrogen-bond donors (Lipinski definition) is 1. The lowest BCUT2D eigenvalue weighted by atomic mass is 9.79. The van der Waals surface area contributed by atoms with Gasteiger partial charge in [-0.05, 0) is 37.0 Å². The van der Waals surface area contributed by atoms with E-state index in [-0.39, 0.29) is 22.4 Å². The third kappa shape index (κ3) is 3.12. The van der Waals surface area contributed by atoms with Gasteiger partial charge < -0.3 is 14.6 Å². The summed E-state index contributed by atoms with van der Waals surface area (Å²) in [5.41, 5.74) is 1.63. The number of rotatable bonds is 2. The van der Waals surface area contributed by atoms with E-state index in [4.69, 9.17) is 4.74 Å². The molecule has 1 aromatic carbocycles. The highest BCUT2D eigenvalue weighted by molar-refractivity contribution is 5.94. The number of carbonyl (C=O) groups excluding carboxylic acids is 1. The van der Waals surface area contributed by atoms with Crippen molar-refractivity contribution < 1.29 is 9.53 Å². The van der Waals surface area contributed by atoms with Gasteiger partial charge in [-0.3, -0.25) is 9.59 Å². The molecule has 4 rings (SSSR count). The maximum absolute atomic E-state index is 12.9. The van der Waals surface area contributed by atoms with Gasteiger partial charge in [0, 0.05) is 30.8 Å². The Balaban J connectivity index is 1.57. The Morgan fingerprint density at radius 1 is 1.12 bits per heavy atom. The molecule has 1 amide bonds. The van der Waals surface area contributed by atoms with Crippen LogP contribution in [0, 0.1) is 5.41 Å². The van der Waals surface area contributed by atoms with E-state index in [1.165, 1.54) is 0 Å². The number of likely N-dealkylation sites (tertiary alicyclic amines) is 1. The Morgan fingerprint density at radius 2 is 1.96 bits per heavy atom. The Bertz CT molecular complexity index is 822. The number of aromatic amines is 1. The molecular weight excluding hydrogens is 316 g/mol. The Kier molecular flexibility index (Phi) is 4.17. The molecule has 2 aromatic rings. The van der Waals surface area contributed by atoms with Crippen LogP contribution in [0.4, 0.5) is 0 Å². The molecule has 0 bridgehead atoms. The number of aromatic nitrogens is 1. The lowest BCUT2D eigenvalue weighted by Gasteiger charge is -2.39. The second kappa shape index (κ2) is 6.48. The van der Waals surface area contributed by atoms with E-state index >= 15 is 0 Å². The van der Waals surface area contributed by atoms with Gasteiger partial charge in [-0.15, -0.1) is 0 Å². The fourth-order valence-electron chi connectivity index (χ4n) is 3.95. The van der Waals surface area contributed by atoms with Gasteiger partial charge in [-0.1, -0.05) is 30.3 Å². The summed E-state index contributed by atoms with van der Waals surface area (Å²) < 4.78 is 5.55. The standard InChI is InChI=1S/C20H22N2O3/c23-18-16(7-8-17(21-18)15-5-2-1-3-6-15)19(24)22-11-4-9-20(13-22)10-12-25-14-20/h1-3,5-8H,4,9-14H2,(H,21,23)/t20-/m0/s1. The van der Waals surface area contributed by atoms with Crippen molar-refractivity contribution in [1.29, 1.82) is 0 Å². The molecule has 0 saturated carbocycles. The second-order valence-electron chi connectivity index (χ2n) is 7.11. The number of pyridine rings is 1. The Labute approximate surface area is 146 Å². The van der Waals surface area contributed by atoms with E-state index < -0.39 is 0 Å². The minimum atomic E-state index is -0.325. The molecule has 3 heterocycles. The number of hydrogen-bond acceptors (Lipinski definition) is 3. The molecule has 0 unspecified atom stereocenters. The van der Waals surface area contributed by atoms with Crippen LogP contribution < -0.4 is 5.56 Å². The van der Waals surface area contributed by atoms with Crippen LogP contribution in [0.1, 0.15) is 29.6 Å². The molecule has 2 aliphatic rings. The fourth-order valence-corrected chi connectivity index (χ4v) is 3.95. The minimum absolute atomic E-state index is 0.0879. The van der Waals surface area contributed by atoms with E-state index in [0.29, 0.717) is 13.1 Å². The zero-order valence-corrected chi connectivity index (χ0v) is 14.2. The van der Waals surface area contributed by atoms with Crippen molar-refractivity contribution in [3.63, 3.8) is 0 Å². The molecule has 1 N–H and O–H groups in total. The quantitative estimate of drug-likeness (QED) is 0.916. The van der Waals surface area contributed by atoms with Crippen LogP contribution in [-0.2, 0) is 4.74 Å². The number of nitrogens with one attached hydrogen (secondary N) is 1. The van der Waals surface area contributed by atoms with E-state index in [1.807, 2.05) is 41.3 Å². The van der Waals surface area contributed by atoms with Crippen molar-refractivity contribution in [1.82, 2.24) is 9.88 Å². The topological polar surface area (TPSA) is 62.4 Å². The van der Waals surface area contributed by atoms with Gasteiger partial charge in [0.25, 0.3) is 11.5 Å². The zero-order valence-electron chi connectivity index (χ0n) is 14.2. The summed E-state index contributed by atoms with van der Waals surface area (Å²) in [6.07, 6.45) is 3.06. The van der Waals surface area contributed by atoms with E-state index in [0.717, 1.165) is 43.7 Å². The van der Waals surface area contributed by atoms with Crippen molar-refractivity contribution in [3.8, 4) is 11.3 Å². The van der Waals surface area contributed by atoms with Crippen LogP contribution in [0.25, 0.3) is 11.3 Å². The van der Waals surface area contributed by atoms with Gasteiger partial charge in [0.05, 0.1) is 6.61 Å². The molecule has 0 radical (unpaired) electrons. The smallest absolute Gasteiger partial charge is 0.261 e. The van der Waals surface area contributed by atoms with Crippen molar-refractivity contribution in [3.05, 3.63) is 58.4 Å². The predicted octanol–water partition coefficient (Wildman–Crippen LogP) is 2.68. The first kappa shape index (κ1) is 16.1. The van der Waals surface area contributed by atoms with Crippen molar-refractivity contribution in [2.45, 2.75) is 19.3 Å². The van der Waals surface area contributed by atoms with Crippen LogP contribution >= 0.6 is 0 Å². The van der Waals surface area contributed by atoms with Crippen molar-refractivity contribution in [2.75, 3.05) is 26.3 Å². The lowest BCUT2D eigenvalue weighted by Crippen LogP contribution is -2.47. The lowest BCUT2D eigenvalue weighted by molar-refractivity contribution is 0.0461. The number of nitrogens with zero attached hydrogens (tertiary/aromatic N) is 1. The Morgan fingerprint density at radius 3 is 2.68 bits per heavy atom. The van der Waals surface area contributed by atoms with Gasteiger partial charge in [0.2, 0.25) is 0 Å². The van der Waals surface area contributed by atoms with Crippen LogP contribution in [0.5, 0.6) is 0 Å². The largest absolute Gasteiger partial charge is 0.381 e. The highest BCUT2D eigenvalue weighted by Crippen LogP contribution is 2.37. The van der Waals surface area contributed by atoms with E-state index in [1.54, 1.807) is 6.07 Å². The minimum Gasteiger partial charge on any atom is -0.381 e. The average molecular weight is 338 g/mol. The second-order valence-corrected chi connectivity index (χ2v) is 7.11. The highest BCUT2D eigenvalue weighted by atomic mass is 16.5. The van der Waals surface area contributed by atoms with E-state index in [9.17, 15) is 9.59 Å². The molecule has 0 aliphatic carbocycles. The molecule has 5 heteroatoms. The summed E-state index contributed by atoms with van der Waals surface area (Å²) in [6.45, 7) is 2.89. The van der Waals surface area contributed by atoms with Gasteiger partial charge in [0.15, 0.2) is 0 Å². The summed E-state index contributed by atoms with van der Waals surface area (Å²) in [5.74, 6) is -0.174. The Hall–Kier alpha value is -2.40. The number of amides is 1. The first-order valence-electron chi connectivity index (χ1n) is 8.83. The molecule has 2 aliphatic heterocycles. The summed E-state index contributed by atoms with van der Waals surface area (Å²) in [7, 11) is 0. The van der Waals surface area contributed by atoms with Crippen LogP contribution in [0.3, 0.4) is 0 Å². The molecular formula is C20H22N2O3. The number of H-pyrrole nitrogens is 1. The van der Waals surface area contributed by atoms with Gasteiger partial charge in [-0.25, -0.2) is 0 Å². The molecule has 2 saturated heterocycles. The van der Waals surface area contributed by atoms with Gasteiger partial charge in [-0.2, -0.15) is 0 Å². The number of carbonyl (C=O) groups is 1. The fraction of sp³-hybridized carbons (Fsp3) is 0.400. The number of benzene rings is 1. The first-order valence-corrected chi connectivity index (χ1v) is 8.83. The normalized spacial score (nSPS) is 23.1. The maximum atomic E-state index is 12.9. The highest BCUT2D eigenvalue weighted by Gasteiger charge is 2.40. The molecule has 25 heavy (non-hydrogen) atoms. The van der Waals surface area contributed by atoms with Crippen molar-refractivity contribution in [2.24, 2.45) is 5.41 Å². The zero-order chi connectivity index (χ0) is 17.3. The van der Waals surface area contributed by atoms with Crippen LogP contribution in [0.15, 0.2) is 47.3 Å². The molecule has 2 fully saturated rings. The molecule has 130 valence electrons. The van der Waals surface area contributed by atoms with Crippen LogP contribution in [0.2, 0.25) is 0 Å². The van der Waals surface area contributed by atoms with Crippen LogP contribution in [-0.4, -0.2) is 42.1 Å². The third-order valence-electron chi connectivity index (χ3n) is 5.36. The first-order chi connectivity index (χ1) is 12.2. The molecule has 1 aromatic heterocycles. The van der Waals surface area contributed by atoms with Gasteiger partial charge in [0.1, 0.15) is 5.56 Å². The average Bonchev–Trinajstić information content (AvgIpc) is 3.09. The summed E-state index contributed by atoms with van der Waals surface area (Å²) in [6, 6.07) is 13.1. The summed E-state index contributed by atoms with van der Waals surface area (Å²) >= 11 is 0. The third-order valence-corrected chi connectivity index (χ3v) is 5.36. The molecule has 5 nitrogen and oxygen atoms in total. The van der Waals surface area contributed by atoms with Gasteiger partial charge >= 0.3 is 0 Å². The summed E-state index contributed by atoms with van der Waals surface area (Å²) in [4.78, 5) is 30.0. The summed E-state index contributed by atoms with van der Waals surface area (Å²) in [5, 5.41) is 0. The maximum Gasteiger partial charge on any atom is 0.261 e. The number of piperidine rings is 1.